The van der Waals surface area contributed by atoms with Crippen LogP contribution in [0.15, 0.2) is 46.9 Å². The molecular formula is C17H19BrClNO. The molecule has 0 fully saturated rings. The van der Waals surface area contributed by atoms with Gasteiger partial charge < -0.3 is 10.4 Å². The fraction of sp³-hybridized carbons (Fsp3) is 0.294. The fourth-order valence-electron chi connectivity index (χ4n) is 2.15. The highest BCUT2D eigenvalue weighted by molar-refractivity contribution is 9.10. The molecule has 0 aromatic heterocycles. The molecule has 4 heteroatoms. The number of halogens is 2. The number of aryl methyl sites for hydroxylation is 1. The van der Waals surface area contributed by atoms with Crippen LogP contribution in [-0.2, 0) is 6.42 Å². The summed E-state index contributed by atoms with van der Waals surface area (Å²) in [7, 11) is 0. The lowest BCUT2D eigenvalue weighted by atomic mass is 10.1. The van der Waals surface area contributed by atoms with Crippen molar-refractivity contribution in [1.29, 1.82) is 0 Å². The lowest BCUT2D eigenvalue weighted by Gasteiger charge is -2.13. The van der Waals surface area contributed by atoms with Crippen LogP contribution in [0.1, 0.15) is 22.8 Å². The van der Waals surface area contributed by atoms with Gasteiger partial charge in [0.1, 0.15) is 0 Å². The van der Waals surface area contributed by atoms with Crippen molar-refractivity contribution in [1.82, 2.24) is 5.32 Å². The van der Waals surface area contributed by atoms with Gasteiger partial charge in [-0.1, -0.05) is 51.8 Å². The Morgan fingerprint density at radius 2 is 2.05 bits per heavy atom. The van der Waals surface area contributed by atoms with Crippen molar-refractivity contribution < 1.29 is 5.11 Å². The van der Waals surface area contributed by atoms with Crippen LogP contribution in [0.2, 0.25) is 5.02 Å². The molecule has 2 rings (SSSR count). The summed E-state index contributed by atoms with van der Waals surface area (Å²) in [6.45, 7) is 3.34. The highest BCUT2D eigenvalue weighted by Crippen LogP contribution is 2.19. The highest BCUT2D eigenvalue weighted by atomic mass is 79.9. The molecule has 0 aliphatic heterocycles. The Hall–Kier alpha value is -0.870. The lowest BCUT2D eigenvalue weighted by molar-refractivity contribution is 0.175. The Labute approximate surface area is 139 Å². The largest absolute Gasteiger partial charge is 0.387 e. The minimum Gasteiger partial charge on any atom is -0.387 e. The van der Waals surface area contributed by atoms with Gasteiger partial charge in [-0.15, -0.1) is 0 Å². The highest BCUT2D eigenvalue weighted by Gasteiger charge is 2.07. The van der Waals surface area contributed by atoms with Gasteiger partial charge in [0.2, 0.25) is 0 Å². The molecule has 2 N–H and O–H groups in total. The number of benzene rings is 2. The van der Waals surface area contributed by atoms with E-state index in [9.17, 15) is 5.11 Å². The quantitative estimate of drug-likeness (QED) is 0.746. The van der Waals surface area contributed by atoms with Gasteiger partial charge in [0, 0.05) is 16.0 Å². The molecule has 0 aliphatic carbocycles. The maximum Gasteiger partial charge on any atom is 0.0914 e. The first kappa shape index (κ1) is 16.5. The first-order valence-electron chi connectivity index (χ1n) is 6.95. The number of hydrogen-bond donors (Lipinski definition) is 2. The molecule has 0 saturated heterocycles. The molecule has 0 radical (unpaired) electrons. The van der Waals surface area contributed by atoms with Gasteiger partial charge in [0.25, 0.3) is 0 Å². The molecule has 0 heterocycles. The molecule has 0 saturated carbocycles. The summed E-state index contributed by atoms with van der Waals surface area (Å²) in [5.41, 5.74) is 3.21. The fourth-order valence-corrected chi connectivity index (χ4v) is 2.90. The van der Waals surface area contributed by atoms with Gasteiger partial charge in [0.05, 0.1) is 6.10 Å². The van der Waals surface area contributed by atoms with Crippen LogP contribution in [0, 0.1) is 6.92 Å². The first-order valence-corrected chi connectivity index (χ1v) is 8.12. The zero-order valence-corrected chi connectivity index (χ0v) is 14.3. The Morgan fingerprint density at radius 1 is 1.24 bits per heavy atom. The zero-order valence-electron chi connectivity index (χ0n) is 11.9. The van der Waals surface area contributed by atoms with Crippen LogP contribution < -0.4 is 5.32 Å². The average Bonchev–Trinajstić information content (AvgIpc) is 2.45. The number of hydrogen-bond acceptors (Lipinski definition) is 2. The maximum atomic E-state index is 10.1. The van der Waals surface area contributed by atoms with Gasteiger partial charge in [-0.3, -0.25) is 0 Å². The Balaban J connectivity index is 1.79. The molecular weight excluding hydrogens is 350 g/mol. The topological polar surface area (TPSA) is 32.3 Å². The number of aliphatic hydroxyl groups excluding tert-OH is 1. The van der Waals surface area contributed by atoms with Crippen molar-refractivity contribution in [3.8, 4) is 0 Å². The minimum atomic E-state index is -0.504. The monoisotopic (exact) mass is 367 g/mol. The van der Waals surface area contributed by atoms with Gasteiger partial charge in [-0.2, -0.15) is 0 Å². The normalized spacial score (nSPS) is 12.4. The van der Waals surface area contributed by atoms with Crippen molar-refractivity contribution in [2.24, 2.45) is 0 Å². The van der Waals surface area contributed by atoms with E-state index < -0.39 is 6.10 Å². The summed E-state index contributed by atoms with van der Waals surface area (Å²) in [6, 6.07) is 13.8. The van der Waals surface area contributed by atoms with Gasteiger partial charge in [0.15, 0.2) is 0 Å². The summed E-state index contributed by atoms with van der Waals surface area (Å²) < 4.78 is 0.977. The molecule has 0 amide bonds. The predicted molar refractivity (Wildman–Crippen MR) is 91.9 cm³/mol. The van der Waals surface area contributed by atoms with Crippen molar-refractivity contribution >= 4 is 27.5 Å². The summed E-state index contributed by atoms with van der Waals surface area (Å²) >= 11 is 9.61. The minimum absolute atomic E-state index is 0.504. The second kappa shape index (κ2) is 7.95. The van der Waals surface area contributed by atoms with Crippen molar-refractivity contribution in [3.63, 3.8) is 0 Å². The molecule has 1 unspecified atom stereocenters. The van der Waals surface area contributed by atoms with Crippen LogP contribution in [0.25, 0.3) is 0 Å². The lowest BCUT2D eigenvalue weighted by Crippen LogP contribution is -2.23. The van der Waals surface area contributed by atoms with E-state index in [0.29, 0.717) is 6.54 Å². The third-order valence-corrected chi connectivity index (χ3v) is 4.20. The standard InChI is InChI=1S/C17H19BrClNO/c1-12-5-6-13(16(19)9-12)7-8-20-11-17(21)14-3-2-4-15(18)10-14/h2-6,9-10,17,20-21H,7-8,11H2,1H3. The predicted octanol–water partition coefficient (Wildman–Crippen LogP) is 4.28. The molecule has 2 nitrogen and oxygen atoms in total. The average molecular weight is 369 g/mol. The second-order valence-electron chi connectivity index (χ2n) is 5.12. The van der Waals surface area contributed by atoms with E-state index >= 15 is 0 Å². The number of rotatable bonds is 6. The summed E-state index contributed by atoms with van der Waals surface area (Å²) in [6.07, 6.45) is 0.348. The molecule has 0 bridgehead atoms. The smallest absolute Gasteiger partial charge is 0.0914 e. The van der Waals surface area contributed by atoms with Crippen molar-refractivity contribution in [3.05, 3.63) is 68.7 Å². The molecule has 0 spiro atoms. The number of aliphatic hydroxyl groups is 1. The Kier molecular flexibility index (Phi) is 6.24. The third kappa shape index (κ3) is 5.11. The molecule has 0 aliphatic rings. The SMILES string of the molecule is Cc1ccc(CCNCC(O)c2cccc(Br)c2)c(Cl)c1. The first-order chi connectivity index (χ1) is 10.1. The second-order valence-corrected chi connectivity index (χ2v) is 6.44. The van der Waals surface area contributed by atoms with E-state index in [0.717, 1.165) is 33.6 Å². The van der Waals surface area contributed by atoms with E-state index in [2.05, 4.69) is 33.4 Å². The van der Waals surface area contributed by atoms with Gasteiger partial charge >= 0.3 is 0 Å². The van der Waals surface area contributed by atoms with Gasteiger partial charge in [-0.05, 0) is 54.8 Å². The zero-order chi connectivity index (χ0) is 15.2. The summed E-state index contributed by atoms with van der Waals surface area (Å²) in [5.74, 6) is 0. The maximum absolute atomic E-state index is 10.1. The van der Waals surface area contributed by atoms with Crippen molar-refractivity contribution in [2.45, 2.75) is 19.4 Å². The summed E-state index contributed by atoms with van der Waals surface area (Å²) in [4.78, 5) is 0. The van der Waals surface area contributed by atoms with Crippen molar-refractivity contribution in [2.75, 3.05) is 13.1 Å². The molecule has 2 aromatic carbocycles. The van der Waals surface area contributed by atoms with Gasteiger partial charge in [-0.25, -0.2) is 0 Å². The van der Waals surface area contributed by atoms with Crippen LogP contribution >= 0.6 is 27.5 Å². The van der Waals surface area contributed by atoms with Crippen LogP contribution in [0.4, 0.5) is 0 Å². The van der Waals surface area contributed by atoms with E-state index in [-0.39, 0.29) is 0 Å². The Morgan fingerprint density at radius 3 is 2.76 bits per heavy atom. The van der Waals surface area contributed by atoms with Crippen LogP contribution in [0.5, 0.6) is 0 Å². The third-order valence-electron chi connectivity index (χ3n) is 3.35. The molecule has 21 heavy (non-hydrogen) atoms. The Bertz CT molecular complexity index is 603. The molecule has 1 atom stereocenters. The molecule has 2 aromatic rings. The van der Waals surface area contributed by atoms with E-state index in [4.69, 9.17) is 11.6 Å². The van der Waals surface area contributed by atoms with Crippen LogP contribution in [-0.4, -0.2) is 18.2 Å². The summed E-state index contributed by atoms with van der Waals surface area (Å²) in [5, 5.41) is 14.2. The number of nitrogens with one attached hydrogen (secondary N) is 1. The van der Waals surface area contributed by atoms with E-state index in [1.165, 1.54) is 5.56 Å². The molecule has 112 valence electrons. The van der Waals surface area contributed by atoms with E-state index in [1.807, 2.05) is 37.3 Å². The van der Waals surface area contributed by atoms with E-state index in [1.54, 1.807) is 0 Å². The van der Waals surface area contributed by atoms with Crippen LogP contribution in [0.3, 0.4) is 0 Å².